The Morgan fingerprint density at radius 1 is 1.38 bits per heavy atom. The van der Waals surface area contributed by atoms with Gasteiger partial charge in [-0.25, -0.2) is 0 Å². The van der Waals surface area contributed by atoms with E-state index in [0.717, 1.165) is 22.6 Å². The zero-order chi connectivity index (χ0) is 17.7. The number of carbonyl (C=O) groups is 2. The van der Waals surface area contributed by atoms with Crippen LogP contribution in [0.5, 0.6) is 5.75 Å². The molecule has 0 aliphatic heterocycles. The van der Waals surface area contributed by atoms with Crippen LogP contribution >= 0.6 is 11.3 Å². The molecular formula is C17H21N3O3S. The SMILES string of the molecule is COc1c(C)cnc(CNC(=O)CN(C)C(=O)c2cccs2)c1C. The first-order chi connectivity index (χ1) is 11.4. The van der Waals surface area contributed by atoms with Crippen molar-refractivity contribution in [3.63, 3.8) is 0 Å². The fourth-order valence-electron chi connectivity index (χ4n) is 2.36. The molecule has 2 heterocycles. The van der Waals surface area contributed by atoms with Crippen molar-refractivity contribution in [3.8, 4) is 5.75 Å². The fourth-order valence-corrected chi connectivity index (χ4v) is 3.08. The number of rotatable bonds is 6. The zero-order valence-electron chi connectivity index (χ0n) is 14.3. The van der Waals surface area contributed by atoms with E-state index < -0.39 is 0 Å². The highest BCUT2D eigenvalue weighted by Gasteiger charge is 2.16. The lowest BCUT2D eigenvalue weighted by molar-refractivity contribution is -0.121. The summed E-state index contributed by atoms with van der Waals surface area (Å²) in [5.41, 5.74) is 2.60. The zero-order valence-corrected chi connectivity index (χ0v) is 15.1. The Bertz CT molecular complexity index is 729. The lowest BCUT2D eigenvalue weighted by Crippen LogP contribution is -2.38. The average Bonchev–Trinajstić information content (AvgIpc) is 3.08. The molecule has 2 amide bonds. The first-order valence-corrected chi connectivity index (χ1v) is 8.36. The number of nitrogens with one attached hydrogen (secondary N) is 1. The van der Waals surface area contributed by atoms with Crippen LogP contribution in [-0.4, -0.2) is 42.4 Å². The van der Waals surface area contributed by atoms with E-state index >= 15 is 0 Å². The van der Waals surface area contributed by atoms with Gasteiger partial charge < -0.3 is 15.0 Å². The second-order valence-corrected chi connectivity index (χ2v) is 6.41. The molecule has 2 rings (SSSR count). The molecule has 0 bridgehead atoms. The van der Waals surface area contributed by atoms with Gasteiger partial charge in [-0.15, -0.1) is 11.3 Å². The van der Waals surface area contributed by atoms with Gasteiger partial charge in [0.05, 0.1) is 30.8 Å². The summed E-state index contributed by atoms with van der Waals surface area (Å²) < 4.78 is 5.36. The van der Waals surface area contributed by atoms with Crippen molar-refractivity contribution < 1.29 is 14.3 Å². The van der Waals surface area contributed by atoms with E-state index in [4.69, 9.17) is 4.74 Å². The summed E-state index contributed by atoms with van der Waals surface area (Å²) in [6.45, 7) is 4.13. The first kappa shape index (κ1) is 17.9. The number of carbonyl (C=O) groups excluding carboxylic acids is 2. The number of hydrogen-bond donors (Lipinski definition) is 1. The topological polar surface area (TPSA) is 71.5 Å². The minimum Gasteiger partial charge on any atom is -0.496 e. The van der Waals surface area contributed by atoms with Crippen molar-refractivity contribution >= 4 is 23.2 Å². The summed E-state index contributed by atoms with van der Waals surface area (Å²) >= 11 is 1.36. The predicted octanol–water partition coefficient (Wildman–Crippen LogP) is 2.16. The van der Waals surface area contributed by atoms with Gasteiger partial charge in [-0.05, 0) is 25.3 Å². The van der Waals surface area contributed by atoms with Crippen LogP contribution in [0, 0.1) is 13.8 Å². The Balaban J connectivity index is 1.93. The van der Waals surface area contributed by atoms with Crippen molar-refractivity contribution in [3.05, 3.63) is 45.4 Å². The lowest BCUT2D eigenvalue weighted by Gasteiger charge is -2.16. The first-order valence-electron chi connectivity index (χ1n) is 7.48. The van der Waals surface area contributed by atoms with Gasteiger partial charge in [0.25, 0.3) is 5.91 Å². The number of pyridine rings is 1. The number of aromatic nitrogens is 1. The Morgan fingerprint density at radius 3 is 2.75 bits per heavy atom. The van der Waals surface area contributed by atoms with Crippen molar-refractivity contribution in [1.29, 1.82) is 0 Å². The molecule has 2 aromatic heterocycles. The highest BCUT2D eigenvalue weighted by Crippen LogP contribution is 2.23. The third-order valence-corrected chi connectivity index (χ3v) is 4.52. The highest BCUT2D eigenvalue weighted by molar-refractivity contribution is 7.12. The summed E-state index contributed by atoms with van der Waals surface area (Å²) in [5.74, 6) is 0.383. The number of ether oxygens (including phenoxy) is 1. The lowest BCUT2D eigenvalue weighted by atomic mass is 10.1. The Hall–Kier alpha value is -2.41. The minimum absolute atomic E-state index is 0.00121. The Labute approximate surface area is 145 Å². The van der Waals surface area contributed by atoms with Crippen LogP contribution in [-0.2, 0) is 11.3 Å². The van der Waals surface area contributed by atoms with Crippen molar-refractivity contribution in [2.45, 2.75) is 20.4 Å². The molecule has 0 aromatic carbocycles. The van der Waals surface area contributed by atoms with Crippen LogP contribution in [0.25, 0.3) is 0 Å². The molecule has 6 nitrogen and oxygen atoms in total. The molecular weight excluding hydrogens is 326 g/mol. The number of methoxy groups -OCH3 is 1. The van der Waals surface area contributed by atoms with Gasteiger partial charge >= 0.3 is 0 Å². The summed E-state index contributed by atoms with van der Waals surface area (Å²) in [6, 6.07) is 3.55. The maximum Gasteiger partial charge on any atom is 0.264 e. The molecule has 0 aliphatic rings. The molecule has 0 aliphatic carbocycles. The molecule has 24 heavy (non-hydrogen) atoms. The van der Waals surface area contributed by atoms with E-state index in [-0.39, 0.29) is 18.4 Å². The van der Waals surface area contributed by atoms with Gasteiger partial charge in [-0.2, -0.15) is 0 Å². The quantitative estimate of drug-likeness (QED) is 0.869. The summed E-state index contributed by atoms with van der Waals surface area (Å²) in [7, 11) is 3.23. The average molecular weight is 347 g/mol. The Morgan fingerprint density at radius 2 is 2.12 bits per heavy atom. The van der Waals surface area contributed by atoms with E-state index in [1.165, 1.54) is 16.2 Å². The second kappa shape index (κ2) is 7.92. The smallest absolute Gasteiger partial charge is 0.264 e. The Kier molecular flexibility index (Phi) is 5.92. The van der Waals surface area contributed by atoms with E-state index in [0.29, 0.717) is 11.4 Å². The maximum absolute atomic E-state index is 12.1. The van der Waals surface area contributed by atoms with Crippen LogP contribution in [0.2, 0.25) is 0 Å². The van der Waals surface area contributed by atoms with Crippen molar-refractivity contribution in [2.75, 3.05) is 20.7 Å². The van der Waals surface area contributed by atoms with Gasteiger partial charge in [-0.3, -0.25) is 14.6 Å². The molecule has 0 fully saturated rings. The third-order valence-electron chi connectivity index (χ3n) is 3.66. The number of aryl methyl sites for hydroxylation is 1. The van der Waals surface area contributed by atoms with E-state index in [1.807, 2.05) is 25.3 Å². The molecule has 7 heteroatoms. The number of hydrogen-bond acceptors (Lipinski definition) is 5. The van der Waals surface area contributed by atoms with Crippen LogP contribution in [0.4, 0.5) is 0 Å². The number of thiophene rings is 1. The predicted molar refractivity (Wildman–Crippen MR) is 93.4 cm³/mol. The molecule has 0 saturated carbocycles. The van der Waals surface area contributed by atoms with Gasteiger partial charge in [-0.1, -0.05) is 6.07 Å². The van der Waals surface area contributed by atoms with E-state index in [9.17, 15) is 9.59 Å². The van der Waals surface area contributed by atoms with Gasteiger partial charge in [0.1, 0.15) is 5.75 Å². The van der Waals surface area contributed by atoms with Crippen LogP contribution in [0.3, 0.4) is 0 Å². The third kappa shape index (κ3) is 4.11. The molecule has 0 atom stereocenters. The van der Waals surface area contributed by atoms with E-state index in [2.05, 4.69) is 10.3 Å². The molecule has 0 unspecified atom stereocenters. The van der Waals surface area contributed by atoms with E-state index in [1.54, 1.807) is 26.4 Å². The highest BCUT2D eigenvalue weighted by atomic mass is 32.1. The molecule has 128 valence electrons. The van der Waals surface area contributed by atoms with Gasteiger partial charge in [0, 0.05) is 24.4 Å². The molecule has 0 spiro atoms. The standard InChI is InChI=1S/C17H21N3O3S/c1-11-8-18-13(12(2)16(11)23-4)9-19-15(21)10-20(3)17(22)14-6-5-7-24-14/h5-8H,9-10H2,1-4H3,(H,19,21). The number of amides is 2. The summed E-state index contributed by atoms with van der Waals surface area (Å²) in [4.78, 5) is 30.5. The normalized spacial score (nSPS) is 10.3. The van der Waals surface area contributed by atoms with Gasteiger partial charge in [0.2, 0.25) is 5.91 Å². The van der Waals surface area contributed by atoms with Crippen LogP contribution in [0.15, 0.2) is 23.7 Å². The summed E-state index contributed by atoms with van der Waals surface area (Å²) in [5, 5.41) is 4.63. The summed E-state index contributed by atoms with van der Waals surface area (Å²) in [6.07, 6.45) is 1.72. The molecule has 0 radical (unpaired) electrons. The second-order valence-electron chi connectivity index (χ2n) is 5.46. The molecule has 2 aromatic rings. The largest absolute Gasteiger partial charge is 0.496 e. The molecule has 0 saturated heterocycles. The van der Waals surface area contributed by atoms with Crippen molar-refractivity contribution in [1.82, 2.24) is 15.2 Å². The number of likely N-dealkylation sites (N-methyl/N-ethyl adjacent to an activating group) is 1. The van der Waals surface area contributed by atoms with Gasteiger partial charge in [0.15, 0.2) is 0 Å². The van der Waals surface area contributed by atoms with Crippen LogP contribution < -0.4 is 10.1 Å². The van der Waals surface area contributed by atoms with Crippen molar-refractivity contribution in [2.24, 2.45) is 0 Å². The van der Waals surface area contributed by atoms with Crippen LogP contribution in [0.1, 0.15) is 26.5 Å². The fraction of sp³-hybridized carbons (Fsp3) is 0.353. The molecule has 1 N–H and O–H groups in total. The minimum atomic E-state index is -0.233. The maximum atomic E-state index is 12.1. The number of nitrogens with zero attached hydrogens (tertiary/aromatic N) is 2. The monoisotopic (exact) mass is 347 g/mol.